The van der Waals surface area contributed by atoms with Gasteiger partial charge in [-0.05, 0) is 39.2 Å². The van der Waals surface area contributed by atoms with Gasteiger partial charge in [0.15, 0.2) is 6.17 Å². The highest BCUT2D eigenvalue weighted by Gasteiger charge is 2.55. The molecule has 0 unspecified atom stereocenters. The van der Waals surface area contributed by atoms with Gasteiger partial charge in [-0.1, -0.05) is 51.2 Å². The molecule has 17 heteroatoms. The Bertz CT molecular complexity index is 1680. The number of nitrogens with zero attached hydrogens (tertiary/aromatic N) is 8. The predicted molar refractivity (Wildman–Crippen MR) is 173 cm³/mol. The van der Waals surface area contributed by atoms with E-state index in [4.69, 9.17) is 18.9 Å². The molecule has 13 nitrogen and oxygen atoms in total. The summed E-state index contributed by atoms with van der Waals surface area (Å²) in [6, 6.07) is 0. The van der Waals surface area contributed by atoms with Crippen LogP contribution in [0.3, 0.4) is 0 Å². The SMILES string of the molecule is CCOc1nc(SC)nn2c([C@@H]3O[C@H](CC)[C@@H](C)[C@H]3F)cnc12.CCOc1nc(SC)nn2c([C@]3(O)O[C@H](CC)[C@@H](C)[C@H]3F)cnc12. The van der Waals surface area contributed by atoms with Gasteiger partial charge >= 0.3 is 0 Å². The van der Waals surface area contributed by atoms with Crippen molar-refractivity contribution in [2.24, 2.45) is 11.8 Å². The van der Waals surface area contributed by atoms with Crippen molar-refractivity contribution in [2.75, 3.05) is 25.7 Å². The first-order valence-electron chi connectivity index (χ1n) is 15.8. The lowest BCUT2D eigenvalue weighted by molar-refractivity contribution is -0.227. The smallest absolute Gasteiger partial charge is 0.262 e. The van der Waals surface area contributed by atoms with Gasteiger partial charge in [-0.3, -0.25) is 0 Å². The zero-order valence-corrected chi connectivity index (χ0v) is 29.4. The van der Waals surface area contributed by atoms with Crippen LogP contribution in [-0.4, -0.2) is 94.5 Å². The molecular formula is C30H42F2N8O5S2. The minimum atomic E-state index is -2.09. The molecule has 6 heterocycles. The van der Waals surface area contributed by atoms with E-state index < -0.39 is 30.2 Å². The Morgan fingerprint density at radius 3 is 1.91 bits per heavy atom. The first kappa shape index (κ1) is 35.4. The Morgan fingerprint density at radius 2 is 1.40 bits per heavy atom. The van der Waals surface area contributed by atoms with Gasteiger partial charge in [0, 0.05) is 11.8 Å². The van der Waals surface area contributed by atoms with Crippen LogP contribution < -0.4 is 9.47 Å². The molecule has 47 heavy (non-hydrogen) atoms. The lowest BCUT2D eigenvalue weighted by Gasteiger charge is -2.24. The maximum Gasteiger partial charge on any atom is 0.262 e. The average Bonchev–Trinajstić information content (AvgIpc) is 3.83. The highest BCUT2D eigenvalue weighted by Crippen LogP contribution is 2.44. The van der Waals surface area contributed by atoms with Crippen LogP contribution >= 0.6 is 23.5 Å². The molecule has 8 atom stereocenters. The summed E-state index contributed by atoms with van der Waals surface area (Å²) < 4.78 is 55.1. The fraction of sp³-hybridized carbons (Fsp3) is 0.667. The zero-order chi connectivity index (χ0) is 34.0. The average molecular weight is 697 g/mol. The number of rotatable bonds is 10. The largest absolute Gasteiger partial charge is 0.475 e. The van der Waals surface area contributed by atoms with Crippen LogP contribution in [0.1, 0.15) is 71.9 Å². The summed E-state index contributed by atoms with van der Waals surface area (Å²) in [6.45, 7) is 12.1. The van der Waals surface area contributed by atoms with Gasteiger partial charge in [0.25, 0.3) is 11.8 Å². The number of halogens is 2. The Morgan fingerprint density at radius 1 is 0.851 bits per heavy atom. The standard InChI is InChI=1S/C15H21FN4O3S.C15H21FN4O2S/c1-5-9-8(3)11(16)15(21,23-9)10-7-17-12-13(22-6-2)18-14(24-4)19-20(10)12;1-5-10-8(3)11(16)12(22-10)9-7-17-13-14(21-6-2)18-15(23-4)19-20(9)13/h7-9,11,21H,5-6H2,1-4H3;7-8,10-12H,5-6H2,1-4H3/t8-,9-,11-,15+;8-,10-,11-,12+/m11/s1. The van der Waals surface area contributed by atoms with Gasteiger partial charge in [-0.15, -0.1) is 10.2 Å². The van der Waals surface area contributed by atoms with Crippen molar-refractivity contribution in [1.82, 2.24) is 39.2 Å². The van der Waals surface area contributed by atoms with Gasteiger partial charge in [0.05, 0.1) is 43.5 Å². The second-order valence-corrected chi connectivity index (χ2v) is 12.8. The third kappa shape index (κ3) is 6.48. The number of imidazole rings is 2. The van der Waals surface area contributed by atoms with Crippen LogP contribution in [0.25, 0.3) is 11.3 Å². The molecule has 2 aliphatic heterocycles. The van der Waals surface area contributed by atoms with Crippen molar-refractivity contribution >= 4 is 34.8 Å². The quantitative estimate of drug-likeness (QED) is 0.216. The Hall–Kier alpha value is -2.86. The molecule has 0 spiro atoms. The fourth-order valence-corrected chi connectivity index (χ4v) is 6.62. The molecule has 258 valence electrons. The number of hydrogen-bond donors (Lipinski definition) is 1. The summed E-state index contributed by atoms with van der Waals surface area (Å²) in [5.74, 6) is -1.97. The fourth-order valence-electron chi connectivity index (χ4n) is 5.94. The van der Waals surface area contributed by atoms with E-state index in [1.807, 2.05) is 47.1 Å². The molecule has 4 aromatic rings. The minimum Gasteiger partial charge on any atom is -0.475 e. The van der Waals surface area contributed by atoms with Gasteiger partial charge in [0.2, 0.25) is 27.4 Å². The number of alkyl halides is 2. The van der Waals surface area contributed by atoms with Crippen molar-refractivity contribution < 1.29 is 32.8 Å². The van der Waals surface area contributed by atoms with E-state index in [1.165, 1.54) is 34.2 Å². The van der Waals surface area contributed by atoms with Gasteiger partial charge in [-0.2, -0.15) is 9.97 Å². The van der Waals surface area contributed by atoms with Crippen LogP contribution in [0.4, 0.5) is 8.78 Å². The van der Waals surface area contributed by atoms with Gasteiger partial charge in [0.1, 0.15) is 18.0 Å². The first-order chi connectivity index (χ1) is 22.6. The predicted octanol–water partition coefficient (Wildman–Crippen LogP) is 5.24. The number of thioether (sulfide) groups is 2. The van der Waals surface area contributed by atoms with Crippen LogP contribution in [0.15, 0.2) is 22.7 Å². The van der Waals surface area contributed by atoms with E-state index in [-0.39, 0.29) is 23.8 Å². The van der Waals surface area contributed by atoms with E-state index in [0.29, 0.717) is 58.7 Å². The summed E-state index contributed by atoms with van der Waals surface area (Å²) >= 11 is 2.72. The lowest BCUT2D eigenvalue weighted by Crippen LogP contribution is -2.37. The number of hydrogen-bond acceptors (Lipinski definition) is 13. The summed E-state index contributed by atoms with van der Waals surface area (Å²) in [7, 11) is 0. The maximum atomic E-state index is 14.8. The van der Waals surface area contributed by atoms with Crippen molar-refractivity contribution in [3.63, 3.8) is 0 Å². The normalized spacial score (nSPS) is 29.0. The third-order valence-electron chi connectivity index (χ3n) is 8.49. The Balaban J connectivity index is 0.000000185. The van der Waals surface area contributed by atoms with E-state index in [2.05, 4.69) is 30.1 Å². The van der Waals surface area contributed by atoms with Crippen LogP contribution in [0.5, 0.6) is 11.8 Å². The molecule has 1 N–H and O–H groups in total. The highest BCUT2D eigenvalue weighted by atomic mass is 32.2. The van der Waals surface area contributed by atoms with E-state index in [1.54, 1.807) is 17.6 Å². The molecular weight excluding hydrogens is 655 g/mol. The summed E-state index contributed by atoms with van der Waals surface area (Å²) in [5, 5.41) is 20.6. The Labute approximate surface area is 280 Å². The molecule has 2 fully saturated rings. The molecule has 0 saturated carbocycles. The molecule has 0 aromatic carbocycles. The van der Waals surface area contributed by atoms with E-state index in [9.17, 15) is 13.9 Å². The summed E-state index contributed by atoms with van der Waals surface area (Å²) in [4.78, 5) is 17.1. The second kappa shape index (κ2) is 14.7. The minimum absolute atomic E-state index is 0.0891. The number of fused-ring (bicyclic) bond motifs is 2. The Kier molecular flexibility index (Phi) is 11.1. The van der Waals surface area contributed by atoms with Crippen molar-refractivity contribution in [1.29, 1.82) is 0 Å². The maximum absolute atomic E-state index is 14.8. The van der Waals surface area contributed by atoms with Crippen molar-refractivity contribution in [3.05, 3.63) is 23.8 Å². The number of aliphatic hydroxyl groups is 1. The van der Waals surface area contributed by atoms with Gasteiger partial charge in [-0.25, -0.2) is 27.8 Å². The van der Waals surface area contributed by atoms with Crippen molar-refractivity contribution in [3.8, 4) is 11.8 Å². The summed E-state index contributed by atoms with van der Waals surface area (Å²) in [5.41, 5.74) is 1.56. The molecule has 6 rings (SSSR count). The topological polar surface area (TPSA) is 143 Å². The molecule has 4 aromatic heterocycles. The van der Waals surface area contributed by atoms with E-state index in [0.717, 1.165) is 6.42 Å². The second-order valence-electron chi connectivity index (χ2n) is 11.3. The van der Waals surface area contributed by atoms with Crippen LogP contribution in [0, 0.1) is 11.8 Å². The molecule has 0 radical (unpaired) electrons. The number of ether oxygens (including phenoxy) is 4. The van der Waals surface area contributed by atoms with Crippen molar-refractivity contribution in [2.45, 2.75) is 101 Å². The molecule has 2 saturated heterocycles. The van der Waals surface area contributed by atoms with Gasteiger partial charge < -0.3 is 24.1 Å². The molecule has 0 bridgehead atoms. The summed E-state index contributed by atoms with van der Waals surface area (Å²) in [6.07, 6.45) is 4.29. The number of aromatic nitrogens is 8. The first-order valence-corrected chi connectivity index (χ1v) is 18.2. The monoisotopic (exact) mass is 696 g/mol. The van der Waals surface area contributed by atoms with Crippen LogP contribution in [0.2, 0.25) is 0 Å². The lowest BCUT2D eigenvalue weighted by atomic mass is 9.95. The molecule has 0 amide bonds. The highest BCUT2D eigenvalue weighted by molar-refractivity contribution is 7.98. The van der Waals surface area contributed by atoms with Crippen LogP contribution in [-0.2, 0) is 15.3 Å². The zero-order valence-electron chi connectivity index (χ0n) is 27.8. The van der Waals surface area contributed by atoms with E-state index >= 15 is 0 Å². The molecule has 0 aliphatic carbocycles. The third-order valence-corrected chi connectivity index (χ3v) is 9.57. The molecule has 2 aliphatic rings.